The van der Waals surface area contributed by atoms with Crippen molar-refractivity contribution in [1.82, 2.24) is 0 Å². The number of carboxylic acids is 2. The molecule has 31 heavy (non-hydrogen) atoms. The fraction of sp³-hybridized carbons (Fsp3) is 0.909. The summed E-state index contributed by atoms with van der Waals surface area (Å²) in [6, 6.07) is 0. The molecule has 0 aliphatic rings. The summed E-state index contributed by atoms with van der Waals surface area (Å²) in [7, 11) is 0. The van der Waals surface area contributed by atoms with Crippen LogP contribution >= 0.6 is 0 Å². The van der Waals surface area contributed by atoms with Gasteiger partial charge in [0.05, 0.1) is 0 Å². The molecule has 9 heteroatoms. The van der Waals surface area contributed by atoms with Gasteiger partial charge in [0.1, 0.15) is 0 Å². The molecule has 0 aromatic heterocycles. The summed E-state index contributed by atoms with van der Waals surface area (Å²) in [5.74, 6) is -1.82. The molecule has 0 radical (unpaired) electrons. The Morgan fingerprint density at radius 3 is 0.839 bits per heavy atom. The maximum Gasteiger partial charge on any atom is 2.00 e. The van der Waals surface area contributed by atoms with Crippen LogP contribution in [0.1, 0.15) is 129 Å². The summed E-state index contributed by atoms with van der Waals surface area (Å²) in [6.45, 7) is 4.42. The van der Waals surface area contributed by atoms with E-state index in [0.717, 1.165) is 25.7 Å². The number of carbonyl (C=O) groups is 2. The van der Waals surface area contributed by atoms with Crippen LogP contribution in [-0.2, 0) is 91.5 Å². The van der Waals surface area contributed by atoms with E-state index in [0.29, 0.717) is 0 Å². The van der Waals surface area contributed by atoms with E-state index in [2.05, 4.69) is 13.8 Å². The summed E-state index contributed by atoms with van der Waals surface area (Å²) in [4.78, 5) is 20.1. The SMILES string of the molecule is CCCCCCCCCCC(=O)[O-].CCCCCCCCCCC(=O)[O-].[Cd+2].[Cd+2].[Cd+2].[Se-2].[Se-2]. The largest absolute Gasteiger partial charge is 2.00 e. The smallest absolute Gasteiger partial charge is 2.00 e. The first-order valence-electron chi connectivity index (χ1n) is 10.9. The van der Waals surface area contributed by atoms with Crippen LogP contribution in [0.3, 0.4) is 0 Å². The first-order chi connectivity index (χ1) is 12.5. The number of aliphatic carboxylic acids is 2. The van der Waals surface area contributed by atoms with Crippen LogP contribution in [0.15, 0.2) is 0 Å². The number of carbonyl (C=O) groups excluding carboxylic acids is 2. The number of unbranched alkanes of at least 4 members (excludes halogenated alkanes) is 14. The van der Waals surface area contributed by atoms with Crippen molar-refractivity contribution in [3.8, 4) is 0 Å². The predicted octanol–water partition coefficient (Wildman–Crippen LogP) is 3.77. The maximum atomic E-state index is 10.1. The number of hydrogen-bond acceptors (Lipinski definition) is 4. The summed E-state index contributed by atoms with van der Waals surface area (Å²) >= 11 is 0. The first-order valence-corrected chi connectivity index (χ1v) is 10.9. The third-order valence-electron chi connectivity index (χ3n) is 4.47. The predicted molar refractivity (Wildman–Crippen MR) is 116 cm³/mol. The molecular weight excluding hydrogens is 823 g/mol. The van der Waals surface area contributed by atoms with Crippen molar-refractivity contribution < 1.29 is 102 Å². The van der Waals surface area contributed by atoms with E-state index in [1.807, 2.05) is 0 Å². The van der Waals surface area contributed by atoms with Gasteiger partial charge in [0.15, 0.2) is 0 Å². The molecule has 0 amide bonds. The van der Waals surface area contributed by atoms with Gasteiger partial charge in [0.2, 0.25) is 0 Å². The van der Waals surface area contributed by atoms with Crippen molar-refractivity contribution in [3.05, 3.63) is 0 Å². The zero-order valence-corrected chi connectivity index (χ0v) is 35.8. The topological polar surface area (TPSA) is 80.3 Å². The Morgan fingerprint density at radius 1 is 0.452 bits per heavy atom. The van der Waals surface area contributed by atoms with Crippen LogP contribution in [0.25, 0.3) is 0 Å². The third kappa shape index (κ3) is 59.8. The number of hydrogen-bond donors (Lipinski definition) is 0. The molecule has 0 aliphatic carbocycles. The Morgan fingerprint density at radius 2 is 0.645 bits per heavy atom. The molecule has 0 N–H and O–H groups in total. The quantitative estimate of drug-likeness (QED) is 0.156. The monoisotopic (exact) mass is 872 g/mol. The fourth-order valence-corrected chi connectivity index (χ4v) is 2.81. The van der Waals surface area contributed by atoms with Crippen molar-refractivity contribution in [1.29, 1.82) is 0 Å². The Labute approximate surface area is 273 Å². The van der Waals surface area contributed by atoms with Crippen LogP contribution < -0.4 is 10.2 Å². The molecule has 0 unspecified atom stereocenters. The van der Waals surface area contributed by atoms with E-state index in [9.17, 15) is 19.8 Å². The molecule has 0 spiro atoms. The Hall–Kier alpha value is 2.75. The minimum atomic E-state index is -0.911. The van der Waals surface area contributed by atoms with Gasteiger partial charge < -0.3 is 53.9 Å². The summed E-state index contributed by atoms with van der Waals surface area (Å²) < 4.78 is 0. The van der Waals surface area contributed by atoms with Crippen LogP contribution in [0.2, 0.25) is 0 Å². The van der Waals surface area contributed by atoms with Gasteiger partial charge in [-0.3, -0.25) is 0 Å². The van der Waals surface area contributed by atoms with Crippen LogP contribution in [-0.4, -0.2) is 46.1 Å². The van der Waals surface area contributed by atoms with Gasteiger partial charge in [-0.25, -0.2) is 0 Å². The third-order valence-corrected chi connectivity index (χ3v) is 4.47. The molecule has 0 fully saturated rings. The van der Waals surface area contributed by atoms with E-state index in [4.69, 9.17) is 0 Å². The average Bonchev–Trinajstić information content (AvgIpc) is 2.60. The van der Waals surface area contributed by atoms with Crippen LogP contribution in [0.5, 0.6) is 0 Å². The van der Waals surface area contributed by atoms with E-state index >= 15 is 0 Å². The standard InChI is InChI=1S/2C11H22O2.3Cd.2Se/c2*1-2-3-4-5-6-7-8-9-10-11(12)13;;;;;/h2*2-10H2,1H3,(H,12,13);;;;;/q;;3*+2;2*-2/p-2. The van der Waals surface area contributed by atoms with E-state index in [-0.39, 0.29) is 129 Å². The normalized spacial score (nSPS) is 8.58. The van der Waals surface area contributed by atoms with Gasteiger partial charge in [-0.1, -0.05) is 104 Å². The molecule has 0 saturated carbocycles. The van der Waals surface area contributed by atoms with Gasteiger partial charge in [0.25, 0.3) is 0 Å². The van der Waals surface area contributed by atoms with Crippen molar-refractivity contribution in [2.24, 2.45) is 0 Å². The van der Waals surface area contributed by atoms with Crippen molar-refractivity contribution in [3.63, 3.8) is 0 Å². The van der Waals surface area contributed by atoms with Gasteiger partial charge in [-0.15, -0.1) is 0 Å². The van der Waals surface area contributed by atoms with E-state index in [1.54, 1.807) is 0 Å². The molecule has 0 heterocycles. The molecule has 172 valence electrons. The molecule has 0 atom stereocenters. The van der Waals surface area contributed by atoms with Gasteiger partial charge in [-0.05, 0) is 25.7 Å². The zero-order chi connectivity index (χ0) is 19.9. The number of carboxylic acid groups (broad SMARTS) is 2. The summed E-state index contributed by atoms with van der Waals surface area (Å²) in [5.41, 5.74) is 0. The first kappa shape index (κ1) is 50.6. The van der Waals surface area contributed by atoms with Gasteiger partial charge in [-0.2, -0.15) is 0 Å². The average molecular weight is 866 g/mol. The maximum absolute atomic E-state index is 10.1. The van der Waals surface area contributed by atoms with E-state index < -0.39 is 11.9 Å². The summed E-state index contributed by atoms with van der Waals surface area (Å²) in [5, 5.41) is 20.1. The number of rotatable bonds is 18. The molecule has 0 aromatic rings. The van der Waals surface area contributed by atoms with Crippen LogP contribution in [0.4, 0.5) is 0 Å². The Bertz CT molecular complexity index is 297. The van der Waals surface area contributed by atoms with Crippen molar-refractivity contribution >= 4 is 46.1 Å². The molecule has 0 rings (SSSR count). The minimum absolute atomic E-state index is 0. The summed E-state index contributed by atoms with van der Waals surface area (Å²) in [6.07, 6.45) is 19.5. The second-order valence-corrected chi connectivity index (χ2v) is 7.19. The fourth-order valence-electron chi connectivity index (χ4n) is 2.81. The van der Waals surface area contributed by atoms with Crippen LogP contribution in [0, 0.1) is 0 Å². The van der Waals surface area contributed by atoms with Crippen molar-refractivity contribution in [2.75, 3.05) is 0 Å². The molecule has 0 aliphatic heterocycles. The molecule has 0 bridgehead atoms. The molecule has 0 aromatic carbocycles. The van der Waals surface area contributed by atoms with Gasteiger partial charge >= 0.3 is 81.9 Å². The minimum Gasteiger partial charge on any atom is -2.00 e. The zero-order valence-electron chi connectivity index (χ0n) is 20.3. The molecule has 4 nitrogen and oxygen atoms in total. The van der Waals surface area contributed by atoms with E-state index in [1.165, 1.54) is 77.0 Å². The van der Waals surface area contributed by atoms with Crippen molar-refractivity contribution in [2.45, 2.75) is 129 Å². The van der Waals surface area contributed by atoms with Gasteiger partial charge in [0, 0.05) is 11.9 Å². The molecule has 0 saturated heterocycles. The second kappa shape index (κ2) is 46.1. The second-order valence-electron chi connectivity index (χ2n) is 7.19. The molecular formula is C22H42Cd3O4Se2. The Balaban J connectivity index is -0.0000000640. The Kier molecular flexibility index (Phi) is 75.3.